The maximum absolute atomic E-state index is 12.8. The second kappa shape index (κ2) is 10.9. The number of furan rings is 1. The number of amides is 1. The fraction of sp³-hybridized carbons (Fsp3) is 0.240. The molecule has 9 heteroatoms. The first-order chi connectivity index (χ1) is 16.6. The number of benzene rings is 2. The van der Waals surface area contributed by atoms with Crippen LogP contribution >= 0.6 is 11.8 Å². The summed E-state index contributed by atoms with van der Waals surface area (Å²) in [7, 11) is 3.21. The Kier molecular flexibility index (Phi) is 7.54. The summed E-state index contributed by atoms with van der Waals surface area (Å²) in [5.74, 6) is 2.57. The molecule has 0 radical (unpaired) electrons. The molecular formula is C25H26N4O4S. The highest BCUT2D eigenvalue weighted by Crippen LogP contribution is 2.32. The molecule has 4 rings (SSSR count). The first-order valence-corrected chi connectivity index (χ1v) is 11.7. The first-order valence-electron chi connectivity index (χ1n) is 10.8. The van der Waals surface area contributed by atoms with Gasteiger partial charge in [0.2, 0.25) is 5.91 Å². The first kappa shape index (κ1) is 23.4. The van der Waals surface area contributed by atoms with Gasteiger partial charge in [-0.25, -0.2) is 9.97 Å². The topological polar surface area (TPSA) is 98.5 Å². The highest BCUT2D eigenvalue weighted by Gasteiger charge is 2.21. The molecule has 1 atom stereocenters. The lowest BCUT2D eigenvalue weighted by molar-refractivity contribution is -0.120. The number of rotatable bonds is 10. The lowest BCUT2D eigenvalue weighted by Gasteiger charge is -2.16. The Morgan fingerprint density at radius 2 is 1.82 bits per heavy atom. The summed E-state index contributed by atoms with van der Waals surface area (Å²) >= 11 is 1.33. The molecule has 176 valence electrons. The molecule has 2 aromatic heterocycles. The number of thioether (sulfide) groups is 1. The molecule has 0 saturated heterocycles. The van der Waals surface area contributed by atoms with Crippen LogP contribution in [0.25, 0.3) is 10.9 Å². The number of aromatic nitrogens is 2. The smallest absolute Gasteiger partial charge is 0.233 e. The van der Waals surface area contributed by atoms with Gasteiger partial charge in [0.25, 0.3) is 0 Å². The molecule has 0 saturated carbocycles. The van der Waals surface area contributed by atoms with E-state index < -0.39 is 0 Å². The van der Waals surface area contributed by atoms with Crippen molar-refractivity contribution in [1.29, 1.82) is 0 Å². The molecular weight excluding hydrogens is 452 g/mol. The van der Waals surface area contributed by atoms with E-state index in [1.807, 2.05) is 49.4 Å². The summed E-state index contributed by atoms with van der Waals surface area (Å²) in [6, 6.07) is 16.9. The van der Waals surface area contributed by atoms with E-state index in [0.717, 1.165) is 16.6 Å². The zero-order valence-corrected chi connectivity index (χ0v) is 20.0. The Morgan fingerprint density at radius 1 is 1.06 bits per heavy atom. The van der Waals surface area contributed by atoms with Crippen LogP contribution in [0.15, 0.2) is 70.4 Å². The van der Waals surface area contributed by atoms with E-state index in [0.29, 0.717) is 41.2 Å². The second-order valence-corrected chi connectivity index (χ2v) is 8.58. The van der Waals surface area contributed by atoms with Gasteiger partial charge in [0.1, 0.15) is 23.1 Å². The predicted octanol–water partition coefficient (Wildman–Crippen LogP) is 5.17. The Hall–Kier alpha value is -3.72. The number of fused-ring (bicyclic) bond motifs is 1. The number of anilines is 2. The minimum Gasteiger partial charge on any atom is -0.497 e. The molecule has 2 heterocycles. The van der Waals surface area contributed by atoms with Crippen LogP contribution < -0.4 is 20.1 Å². The number of nitrogens with zero attached hydrogens (tertiary/aromatic N) is 2. The van der Waals surface area contributed by atoms with Crippen molar-refractivity contribution in [1.82, 2.24) is 15.3 Å². The molecule has 0 aliphatic rings. The van der Waals surface area contributed by atoms with E-state index in [-0.39, 0.29) is 11.2 Å². The van der Waals surface area contributed by atoms with Crippen LogP contribution in [0, 0.1) is 0 Å². The van der Waals surface area contributed by atoms with Crippen LogP contribution in [-0.2, 0) is 11.3 Å². The largest absolute Gasteiger partial charge is 0.497 e. The van der Waals surface area contributed by atoms with Gasteiger partial charge in [0.15, 0.2) is 5.16 Å². The number of nitrogens with one attached hydrogen (secondary N) is 2. The third kappa shape index (κ3) is 5.60. The van der Waals surface area contributed by atoms with Gasteiger partial charge in [0, 0.05) is 29.3 Å². The summed E-state index contributed by atoms with van der Waals surface area (Å²) in [6.45, 7) is 2.30. The molecule has 0 aliphatic heterocycles. The monoisotopic (exact) mass is 478 g/mol. The molecule has 8 nitrogen and oxygen atoms in total. The van der Waals surface area contributed by atoms with Crippen molar-refractivity contribution in [3.05, 3.63) is 66.6 Å². The zero-order valence-electron chi connectivity index (χ0n) is 19.2. The predicted molar refractivity (Wildman–Crippen MR) is 133 cm³/mol. The van der Waals surface area contributed by atoms with Crippen molar-refractivity contribution in [2.45, 2.75) is 30.3 Å². The van der Waals surface area contributed by atoms with Gasteiger partial charge >= 0.3 is 0 Å². The van der Waals surface area contributed by atoms with Crippen molar-refractivity contribution in [3.63, 3.8) is 0 Å². The Bertz CT molecular complexity index is 1240. The average molecular weight is 479 g/mol. The van der Waals surface area contributed by atoms with Gasteiger partial charge in [-0.1, -0.05) is 30.8 Å². The summed E-state index contributed by atoms with van der Waals surface area (Å²) in [4.78, 5) is 22.2. The lowest BCUT2D eigenvalue weighted by atomic mass is 10.2. The fourth-order valence-corrected chi connectivity index (χ4v) is 4.28. The van der Waals surface area contributed by atoms with Crippen LogP contribution in [-0.4, -0.2) is 35.3 Å². The Balaban J connectivity index is 1.59. The van der Waals surface area contributed by atoms with E-state index >= 15 is 0 Å². The molecule has 0 fully saturated rings. The number of hydrogen-bond acceptors (Lipinski definition) is 8. The fourth-order valence-electron chi connectivity index (χ4n) is 3.37. The van der Waals surface area contributed by atoms with Crippen molar-refractivity contribution in [3.8, 4) is 11.5 Å². The lowest BCUT2D eigenvalue weighted by Crippen LogP contribution is -2.31. The summed E-state index contributed by atoms with van der Waals surface area (Å²) in [5.41, 5.74) is 1.54. The van der Waals surface area contributed by atoms with Gasteiger partial charge < -0.3 is 24.5 Å². The number of carbonyl (C=O) groups excluding carboxylic acids is 1. The second-order valence-electron chi connectivity index (χ2n) is 7.41. The molecule has 34 heavy (non-hydrogen) atoms. The van der Waals surface area contributed by atoms with Crippen LogP contribution in [0.5, 0.6) is 11.5 Å². The van der Waals surface area contributed by atoms with Gasteiger partial charge in [0.05, 0.1) is 37.8 Å². The molecule has 0 unspecified atom stereocenters. The Labute approximate surface area is 202 Å². The minimum absolute atomic E-state index is 0.0901. The molecule has 4 aromatic rings. The van der Waals surface area contributed by atoms with Gasteiger partial charge in [-0.15, -0.1) is 0 Å². The zero-order chi connectivity index (χ0) is 23.9. The van der Waals surface area contributed by atoms with Gasteiger partial charge in [-0.3, -0.25) is 4.79 Å². The van der Waals surface area contributed by atoms with Crippen LogP contribution in [0.1, 0.15) is 19.1 Å². The number of methoxy groups -OCH3 is 2. The SMILES string of the molecule is CC[C@H](Sc1nc(Nc2cc(OC)cc(OC)c2)c2ccccc2n1)C(=O)NCc1ccco1. The van der Waals surface area contributed by atoms with Crippen molar-refractivity contribution >= 4 is 40.1 Å². The summed E-state index contributed by atoms with van der Waals surface area (Å²) in [5, 5.41) is 7.31. The third-order valence-electron chi connectivity index (χ3n) is 5.12. The van der Waals surface area contributed by atoms with Crippen molar-refractivity contribution < 1.29 is 18.7 Å². The number of carbonyl (C=O) groups is 1. The molecule has 2 N–H and O–H groups in total. The normalized spacial score (nSPS) is 11.7. The quantitative estimate of drug-likeness (QED) is 0.238. The maximum atomic E-state index is 12.8. The standard InChI is InChI=1S/C25H26N4O4S/c1-4-22(24(30)26-15-17-8-7-11-33-17)34-25-28-21-10-6-5-9-20(21)23(29-25)27-16-12-18(31-2)14-19(13-16)32-3/h5-14,22H,4,15H2,1-3H3,(H,26,30)(H,27,28,29)/t22-/m0/s1. The molecule has 0 spiro atoms. The van der Waals surface area contributed by atoms with E-state index in [1.54, 1.807) is 32.6 Å². The minimum atomic E-state index is -0.346. The number of ether oxygens (including phenoxy) is 2. The Morgan fingerprint density at radius 3 is 2.50 bits per heavy atom. The highest BCUT2D eigenvalue weighted by atomic mass is 32.2. The molecule has 1 amide bonds. The van der Waals surface area contributed by atoms with Crippen LogP contribution in [0.3, 0.4) is 0 Å². The van der Waals surface area contributed by atoms with Crippen molar-refractivity contribution in [2.75, 3.05) is 19.5 Å². The molecule has 0 aliphatic carbocycles. The third-order valence-corrected chi connectivity index (χ3v) is 6.35. The molecule has 2 aromatic carbocycles. The number of hydrogen-bond donors (Lipinski definition) is 2. The van der Waals surface area contributed by atoms with E-state index in [2.05, 4.69) is 15.6 Å². The van der Waals surface area contributed by atoms with Crippen LogP contribution in [0.2, 0.25) is 0 Å². The summed E-state index contributed by atoms with van der Waals surface area (Å²) in [6.07, 6.45) is 2.21. The highest BCUT2D eigenvalue weighted by molar-refractivity contribution is 8.00. The van der Waals surface area contributed by atoms with E-state index in [1.165, 1.54) is 11.8 Å². The van der Waals surface area contributed by atoms with E-state index in [9.17, 15) is 4.79 Å². The van der Waals surface area contributed by atoms with Gasteiger partial charge in [-0.05, 0) is 30.7 Å². The summed E-state index contributed by atoms with van der Waals surface area (Å²) < 4.78 is 16.1. The van der Waals surface area contributed by atoms with E-state index in [4.69, 9.17) is 18.9 Å². The molecule has 0 bridgehead atoms. The van der Waals surface area contributed by atoms with Crippen LogP contribution in [0.4, 0.5) is 11.5 Å². The van der Waals surface area contributed by atoms with Crippen molar-refractivity contribution in [2.24, 2.45) is 0 Å². The average Bonchev–Trinajstić information content (AvgIpc) is 3.39. The maximum Gasteiger partial charge on any atom is 0.233 e. The van der Waals surface area contributed by atoms with Gasteiger partial charge in [-0.2, -0.15) is 0 Å². The number of para-hydroxylation sites is 1.